The van der Waals surface area contributed by atoms with Gasteiger partial charge in [0.05, 0.1) is 6.33 Å². The summed E-state index contributed by atoms with van der Waals surface area (Å²) in [7, 11) is 0. The fourth-order valence-corrected chi connectivity index (χ4v) is 3.94. The molecule has 0 atom stereocenters. The van der Waals surface area contributed by atoms with Crippen molar-refractivity contribution in [3.05, 3.63) is 89.1 Å². The lowest BCUT2D eigenvalue weighted by molar-refractivity contribution is 0.580. The van der Waals surface area contributed by atoms with Gasteiger partial charge in [0.1, 0.15) is 0 Å². The van der Waals surface area contributed by atoms with Crippen molar-refractivity contribution in [2.45, 2.75) is 33.0 Å². The van der Waals surface area contributed by atoms with Gasteiger partial charge >= 0.3 is 0 Å². The third kappa shape index (κ3) is 4.84. The second-order valence-corrected chi connectivity index (χ2v) is 7.50. The SMILES string of the molecule is Cc1c(CNCCCn2ccnc2)c2ccccc2n1Cc1ccccc1Cl.Cl. The normalized spacial score (nSPS) is 11.0. The van der Waals surface area contributed by atoms with Crippen molar-refractivity contribution in [2.24, 2.45) is 0 Å². The van der Waals surface area contributed by atoms with E-state index in [2.05, 4.69) is 56.7 Å². The minimum Gasteiger partial charge on any atom is -0.340 e. The zero-order chi connectivity index (χ0) is 19.3. The predicted octanol–water partition coefficient (Wildman–Crippen LogP) is 5.45. The molecule has 4 rings (SSSR count). The van der Waals surface area contributed by atoms with Crippen LogP contribution in [0.3, 0.4) is 0 Å². The molecule has 0 saturated carbocycles. The highest BCUT2D eigenvalue weighted by Crippen LogP contribution is 2.28. The number of benzene rings is 2. The number of hydrogen-bond donors (Lipinski definition) is 1. The number of fused-ring (bicyclic) bond motifs is 1. The number of aryl methyl sites for hydroxylation is 1. The summed E-state index contributed by atoms with van der Waals surface area (Å²) in [6, 6.07) is 16.7. The van der Waals surface area contributed by atoms with E-state index in [0.29, 0.717) is 0 Å². The van der Waals surface area contributed by atoms with Crippen molar-refractivity contribution in [3.8, 4) is 0 Å². The quantitative estimate of drug-likeness (QED) is 0.378. The second kappa shape index (κ2) is 9.97. The van der Waals surface area contributed by atoms with Crippen molar-refractivity contribution < 1.29 is 0 Å². The van der Waals surface area contributed by atoms with E-state index in [1.165, 1.54) is 22.2 Å². The van der Waals surface area contributed by atoms with Gasteiger partial charge in [0, 0.05) is 53.6 Å². The third-order valence-corrected chi connectivity index (χ3v) is 5.65. The Morgan fingerprint density at radius 1 is 1.07 bits per heavy atom. The number of nitrogens with one attached hydrogen (secondary N) is 1. The smallest absolute Gasteiger partial charge is 0.0945 e. The van der Waals surface area contributed by atoms with Crippen LogP contribution in [0.2, 0.25) is 5.02 Å². The monoisotopic (exact) mass is 428 g/mol. The van der Waals surface area contributed by atoms with Crippen molar-refractivity contribution in [2.75, 3.05) is 6.54 Å². The van der Waals surface area contributed by atoms with Crippen molar-refractivity contribution in [1.82, 2.24) is 19.4 Å². The van der Waals surface area contributed by atoms with Crippen LogP contribution in [0.5, 0.6) is 0 Å². The molecule has 2 aromatic heterocycles. The molecular weight excluding hydrogens is 403 g/mol. The Labute approximate surface area is 182 Å². The summed E-state index contributed by atoms with van der Waals surface area (Å²) in [6.07, 6.45) is 6.78. The predicted molar refractivity (Wildman–Crippen MR) is 123 cm³/mol. The highest BCUT2D eigenvalue weighted by molar-refractivity contribution is 6.31. The third-order valence-electron chi connectivity index (χ3n) is 5.28. The lowest BCUT2D eigenvalue weighted by atomic mass is 10.1. The molecule has 4 aromatic rings. The molecule has 0 amide bonds. The molecule has 0 radical (unpaired) electrons. The first-order chi connectivity index (χ1) is 13.7. The molecule has 0 aliphatic carbocycles. The first kappa shape index (κ1) is 21.4. The van der Waals surface area contributed by atoms with Crippen LogP contribution in [0.15, 0.2) is 67.3 Å². The zero-order valence-corrected chi connectivity index (χ0v) is 18.1. The molecule has 6 heteroatoms. The van der Waals surface area contributed by atoms with Gasteiger partial charge in [-0.25, -0.2) is 4.98 Å². The number of rotatable bonds is 8. The van der Waals surface area contributed by atoms with E-state index in [1.54, 1.807) is 0 Å². The van der Waals surface area contributed by atoms with Crippen LogP contribution < -0.4 is 5.32 Å². The molecule has 1 N–H and O–H groups in total. The number of hydrogen-bond acceptors (Lipinski definition) is 2. The molecule has 0 bridgehead atoms. The van der Waals surface area contributed by atoms with Gasteiger partial charge in [-0.15, -0.1) is 12.4 Å². The molecule has 2 heterocycles. The van der Waals surface area contributed by atoms with Gasteiger partial charge in [-0.2, -0.15) is 0 Å². The van der Waals surface area contributed by atoms with E-state index in [0.717, 1.165) is 43.2 Å². The maximum atomic E-state index is 6.41. The molecular formula is C23H26Cl2N4. The largest absolute Gasteiger partial charge is 0.340 e. The number of para-hydroxylation sites is 1. The van der Waals surface area contributed by atoms with Crippen molar-refractivity contribution in [3.63, 3.8) is 0 Å². The van der Waals surface area contributed by atoms with Gasteiger partial charge in [0.15, 0.2) is 0 Å². The van der Waals surface area contributed by atoms with E-state index in [4.69, 9.17) is 11.6 Å². The zero-order valence-electron chi connectivity index (χ0n) is 16.5. The van der Waals surface area contributed by atoms with Crippen LogP contribution in [0.4, 0.5) is 0 Å². The van der Waals surface area contributed by atoms with Crippen molar-refractivity contribution >= 4 is 34.9 Å². The summed E-state index contributed by atoms with van der Waals surface area (Å²) in [6.45, 7) is 5.82. The molecule has 152 valence electrons. The molecule has 4 nitrogen and oxygen atoms in total. The minimum absolute atomic E-state index is 0. The van der Waals surface area contributed by atoms with Gasteiger partial charge in [0.25, 0.3) is 0 Å². The van der Waals surface area contributed by atoms with E-state index in [1.807, 2.05) is 36.9 Å². The molecule has 0 saturated heterocycles. The summed E-state index contributed by atoms with van der Waals surface area (Å²) >= 11 is 6.41. The fraction of sp³-hybridized carbons (Fsp3) is 0.261. The highest BCUT2D eigenvalue weighted by atomic mass is 35.5. The summed E-state index contributed by atoms with van der Waals surface area (Å²) in [5.41, 5.74) is 5.07. The Balaban J connectivity index is 0.00000240. The molecule has 0 fully saturated rings. The van der Waals surface area contributed by atoms with Crippen LogP contribution in [0.25, 0.3) is 10.9 Å². The van der Waals surface area contributed by atoms with E-state index >= 15 is 0 Å². The Morgan fingerprint density at radius 3 is 2.66 bits per heavy atom. The van der Waals surface area contributed by atoms with E-state index in [-0.39, 0.29) is 12.4 Å². The Kier molecular flexibility index (Phi) is 7.37. The maximum Gasteiger partial charge on any atom is 0.0945 e. The molecule has 29 heavy (non-hydrogen) atoms. The summed E-state index contributed by atoms with van der Waals surface area (Å²) in [5.74, 6) is 0. The highest BCUT2D eigenvalue weighted by Gasteiger charge is 2.14. The lowest BCUT2D eigenvalue weighted by Crippen LogP contribution is -2.17. The molecule has 0 unspecified atom stereocenters. The van der Waals surface area contributed by atoms with Crippen LogP contribution in [-0.2, 0) is 19.6 Å². The Bertz CT molecular complexity index is 1050. The topological polar surface area (TPSA) is 34.8 Å². The number of halogens is 2. The van der Waals surface area contributed by atoms with Crippen molar-refractivity contribution in [1.29, 1.82) is 0 Å². The van der Waals surface area contributed by atoms with Crippen LogP contribution in [0, 0.1) is 6.92 Å². The van der Waals surface area contributed by atoms with Gasteiger partial charge < -0.3 is 14.5 Å². The first-order valence-electron chi connectivity index (χ1n) is 9.70. The van der Waals surface area contributed by atoms with Crippen LogP contribution >= 0.6 is 24.0 Å². The van der Waals surface area contributed by atoms with Crippen LogP contribution in [0.1, 0.15) is 23.2 Å². The summed E-state index contributed by atoms with van der Waals surface area (Å²) < 4.78 is 4.49. The summed E-state index contributed by atoms with van der Waals surface area (Å²) in [5, 5.41) is 5.74. The number of nitrogens with zero attached hydrogens (tertiary/aromatic N) is 3. The maximum absolute atomic E-state index is 6.41. The standard InChI is InChI=1S/C23H25ClN4.ClH/c1-18-21(15-25-11-6-13-27-14-12-26-17-27)20-8-3-5-10-23(20)28(18)16-19-7-2-4-9-22(19)24;/h2-5,7-10,12,14,17,25H,6,11,13,15-16H2,1H3;1H. The molecule has 0 spiro atoms. The van der Waals surface area contributed by atoms with Gasteiger partial charge in [0.2, 0.25) is 0 Å². The van der Waals surface area contributed by atoms with Gasteiger partial charge in [-0.05, 0) is 43.1 Å². The minimum atomic E-state index is 0. The average Bonchev–Trinajstić information content (AvgIpc) is 3.31. The second-order valence-electron chi connectivity index (χ2n) is 7.09. The summed E-state index contributed by atoms with van der Waals surface area (Å²) in [4.78, 5) is 4.09. The number of imidazole rings is 1. The molecule has 0 aliphatic rings. The lowest BCUT2D eigenvalue weighted by Gasteiger charge is -2.11. The molecule has 2 aromatic carbocycles. The van der Waals surface area contributed by atoms with Gasteiger partial charge in [-0.1, -0.05) is 48.0 Å². The first-order valence-corrected chi connectivity index (χ1v) is 10.1. The van der Waals surface area contributed by atoms with Crippen LogP contribution in [-0.4, -0.2) is 20.7 Å². The van der Waals surface area contributed by atoms with E-state index in [9.17, 15) is 0 Å². The van der Waals surface area contributed by atoms with E-state index < -0.39 is 0 Å². The van der Waals surface area contributed by atoms with Gasteiger partial charge in [-0.3, -0.25) is 0 Å². The Hall–Kier alpha value is -2.27. The fourth-order valence-electron chi connectivity index (χ4n) is 3.75. The average molecular weight is 429 g/mol. The number of aromatic nitrogens is 3. The Morgan fingerprint density at radius 2 is 1.86 bits per heavy atom. The molecule has 0 aliphatic heterocycles.